The fraction of sp³-hybridized carbons (Fsp3) is 0.409. The van der Waals surface area contributed by atoms with E-state index in [4.69, 9.17) is 0 Å². The minimum atomic E-state index is -0.707. The van der Waals surface area contributed by atoms with Gasteiger partial charge in [-0.05, 0) is 12.5 Å². The van der Waals surface area contributed by atoms with Gasteiger partial charge in [0.1, 0.15) is 12.6 Å². The number of nitrogens with one attached hydrogen (secondary N) is 1. The second-order valence-electron chi connectivity index (χ2n) is 7.89. The predicted molar refractivity (Wildman–Crippen MR) is 121 cm³/mol. The van der Waals surface area contributed by atoms with Crippen molar-refractivity contribution in [2.45, 2.75) is 32.0 Å². The molecule has 0 spiro atoms. The number of rotatable bonds is 10. The normalized spacial score (nSPS) is 12.9. The number of aliphatic hydroxyl groups excluding tert-OH is 1. The fourth-order valence-electron chi connectivity index (χ4n) is 3.67. The molecular formula is C22H31ClN6O3. The monoisotopic (exact) mass is 462 g/mol. The van der Waals surface area contributed by atoms with Crippen molar-refractivity contribution in [3.8, 4) is 0 Å². The van der Waals surface area contributed by atoms with Crippen LogP contribution in [0.1, 0.15) is 12.5 Å². The molecule has 4 N–H and O–H groups in total. The SMILES string of the molecule is C=CCNc1nc2c(c(=O)n(C)c(=O)n2C)n1CC(O)C[NH2+]C(C)Cc1ccccc1.[Cl-]. The smallest absolute Gasteiger partial charge is 0.332 e. The number of nitrogens with zero attached hydrogens (tertiary/aromatic N) is 4. The van der Waals surface area contributed by atoms with E-state index >= 15 is 0 Å². The number of benzene rings is 1. The Morgan fingerprint density at radius 2 is 1.91 bits per heavy atom. The van der Waals surface area contributed by atoms with Crippen molar-refractivity contribution in [2.75, 3.05) is 18.4 Å². The van der Waals surface area contributed by atoms with Gasteiger partial charge in [-0.15, -0.1) is 6.58 Å². The number of aliphatic hydroxyl groups is 1. The van der Waals surface area contributed by atoms with E-state index in [1.807, 2.05) is 18.2 Å². The molecule has 2 aromatic heterocycles. The van der Waals surface area contributed by atoms with Gasteiger partial charge in [0.2, 0.25) is 5.95 Å². The van der Waals surface area contributed by atoms with E-state index in [2.05, 4.69) is 41.3 Å². The van der Waals surface area contributed by atoms with Crippen LogP contribution in [0.2, 0.25) is 0 Å². The summed E-state index contributed by atoms with van der Waals surface area (Å²) in [5.41, 5.74) is 0.939. The molecule has 174 valence electrons. The second kappa shape index (κ2) is 11.1. The first-order chi connectivity index (χ1) is 14.8. The first-order valence-corrected chi connectivity index (χ1v) is 10.4. The third-order valence-corrected chi connectivity index (χ3v) is 5.36. The van der Waals surface area contributed by atoms with Gasteiger partial charge in [-0.1, -0.05) is 36.4 Å². The molecule has 2 heterocycles. The maximum atomic E-state index is 12.8. The van der Waals surface area contributed by atoms with Crippen molar-refractivity contribution >= 4 is 17.1 Å². The van der Waals surface area contributed by atoms with Gasteiger partial charge in [-0.25, -0.2) is 4.79 Å². The van der Waals surface area contributed by atoms with Crippen LogP contribution in [0.15, 0.2) is 52.6 Å². The van der Waals surface area contributed by atoms with Gasteiger partial charge >= 0.3 is 5.69 Å². The first-order valence-electron chi connectivity index (χ1n) is 10.4. The lowest BCUT2D eigenvalue weighted by Crippen LogP contribution is -3.00. The highest BCUT2D eigenvalue weighted by atomic mass is 35.5. The molecule has 32 heavy (non-hydrogen) atoms. The highest BCUT2D eigenvalue weighted by Crippen LogP contribution is 2.16. The number of aryl methyl sites for hydroxylation is 1. The highest BCUT2D eigenvalue weighted by Gasteiger charge is 2.21. The number of hydrogen-bond donors (Lipinski definition) is 3. The molecule has 3 rings (SSSR count). The molecule has 2 atom stereocenters. The van der Waals surface area contributed by atoms with Crippen LogP contribution >= 0.6 is 0 Å². The molecule has 0 fully saturated rings. The number of hydrogen-bond acceptors (Lipinski definition) is 5. The summed E-state index contributed by atoms with van der Waals surface area (Å²) in [5.74, 6) is 0.421. The molecule has 0 bridgehead atoms. The lowest BCUT2D eigenvalue weighted by atomic mass is 10.1. The number of nitrogens with two attached hydrogens (primary N) is 1. The van der Waals surface area contributed by atoms with Gasteiger partial charge in [0.15, 0.2) is 11.2 Å². The first kappa shape index (κ1) is 25.4. The summed E-state index contributed by atoms with van der Waals surface area (Å²) < 4.78 is 4.05. The lowest BCUT2D eigenvalue weighted by Gasteiger charge is -2.17. The van der Waals surface area contributed by atoms with Crippen molar-refractivity contribution in [3.05, 3.63) is 69.4 Å². The Hall–Kier alpha value is -2.88. The third-order valence-electron chi connectivity index (χ3n) is 5.36. The molecule has 0 aliphatic rings. The zero-order valence-electron chi connectivity index (χ0n) is 18.7. The summed E-state index contributed by atoms with van der Waals surface area (Å²) in [4.78, 5) is 29.5. The van der Waals surface area contributed by atoms with E-state index in [1.165, 1.54) is 17.2 Å². The quantitative estimate of drug-likeness (QED) is 0.272. The Labute approximate surface area is 192 Å². The lowest BCUT2D eigenvalue weighted by molar-refractivity contribution is -0.691. The minimum Gasteiger partial charge on any atom is -1.00 e. The number of imidazole rings is 1. The van der Waals surface area contributed by atoms with Crippen molar-refractivity contribution in [3.63, 3.8) is 0 Å². The Kier molecular flexibility index (Phi) is 8.82. The zero-order chi connectivity index (χ0) is 22.5. The van der Waals surface area contributed by atoms with Crippen LogP contribution in [0.5, 0.6) is 0 Å². The van der Waals surface area contributed by atoms with Gasteiger partial charge in [0, 0.05) is 27.1 Å². The summed E-state index contributed by atoms with van der Waals surface area (Å²) in [6.45, 7) is 6.90. The fourth-order valence-corrected chi connectivity index (χ4v) is 3.67. The highest BCUT2D eigenvalue weighted by molar-refractivity contribution is 5.74. The third kappa shape index (κ3) is 5.48. The standard InChI is InChI=1S/C22H30N6O3.ClH/c1-5-11-23-21-25-19-18(20(30)27(4)22(31)26(19)3)28(21)14-17(29)13-24-15(2)12-16-9-7-6-8-10-16;/h5-10,15,17,24,29H,1,11-14H2,2-4H3,(H,23,25);1H. The number of quaternary nitrogens is 1. The Bertz CT molecular complexity index is 1170. The topological polar surface area (TPSA) is 111 Å². The van der Waals surface area contributed by atoms with Crippen molar-refractivity contribution in [2.24, 2.45) is 14.1 Å². The molecule has 3 aromatic rings. The Morgan fingerprint density at radius 1 is 1.22 bits per heavy atom. The molecule has 0 radical (unpaired) electrons. The maximum Gasteiger partial charge on any atom is 0.332 e. The minimum absolute atomic E-state index is 0. The molecule has 0 aliphatic heterocycles. The molecule has 0 amide bonds. The van der Waals surface area contributed by atoms with Crippen LogP contribution in [0.4, 0.5) is 5.95 Å². The molecule has 0 aliphatic carbocycles. The molecule has 0 saturated heterocycles. The van der Waals surface area contributed by atoms with Crippen LogP contribution in [0, 0.1) is 0 Å². The van der Waals surface area contributed by atoms with E-state index in [1.54, 1.807) is 17.7 Å². The molecule has 1 aromatic carbocycles. The Balaban J connectivity index is 0.00000363. The zero-order valence-corrected chi connectivity index (χ0v) is 19.4. The maximum absolute atomic E-state index is 12.8. The van der Waals surface area contributed by atoms with E-state index in [-0.39, 0.29) is 30.1 Å². The summed E-state index contributed by atoms with van der Waals surface area (Å²) in [7, 11) is 3.02. The summed E-state index contributed by atoms with van der Waals surface area (Å²) in [6.07, 6.45) is 1.87. The van der Waals surface area contributed by atoms with E-state index in [0.717, 1.165) is 11.0 Å². The van der Waals surface area contributed by atoms with E-state index in [9.17, 15) is 14.7 Å². The van der Waals surface area contributed by atoms with Crippen LogP contribution in [0.25, 0.3) is 11.2 Å². The molecule has 2 unspecified atom stereocenters. The number of aromatic nitrogens is 4. The largest absolute Gasteiger partial charge is 1.00 e. The van der Waals surface area contributed by atoms with E-state index in [0.29, 0.717) is 25.1 Å². The molecule has 10 heteroatoms. The number of fused-ring (bicyclic) bond motifs is 1. The number of anilines is 1. The summed E-state index contributed by atoms with van der Waals surface area (Å²) in [6, 6.07) is 10.5. The van der Waals surface area contributed by atoms with Gasteiger partial charge in [-0.3, -0.25) is 13.9 Å². The number of halogens is 1. The van der Waals surface area contributed by atoms with Crippen LogP contribution < -0.4 is 34.3 Å². The molecule has 0 saturated carbocycles. The van der Waals surface area contributed by atoms with Gasteiger partial charge < -0.3 is 32.7 Å². The van der Waals surface area contributed by atoms with Crippen molar-refractivity contribution in [1.29, 1.82) is 0 Å². The average molecular weight is 463 g/mol. The Morgan fingerprint density at radius 3 is 2.56 bits per heavy atom. The second-order valence-corrected chi connectivity index (χ2v) is 7.89. The summed E-state index contributed by atoms with van der Waals surface area (Å²) in [5, 5.41) is 15.9. The molecule has 9 nitrogen and oxygen atoms in total. The predicted octanol–water partition coefficient (Wildman–Crippen LogP) is -3.41. The van der Waals surface area contributed by atoms with Crippen molar-refractivity contribution in [1.82, 2.24) is 18.7 Å². The van der Waals surface area contributed by atoms with Gasteiger partial charge in [-0.2, -0.15) is 4.98 Å². The van der Waals surface area contributed by atoms with Crippen LogP contribution in [0.3, 0.4) is 0 Å². The molecular weight excluding hydrogens is 432 g/mol. The van der Waals surface area contributed by atoms with Crippen LogP contribution in [-0.4, -0.2) is 49.0 Å². The summed E-state index contributed by atoms with van der Waals surface area (Å²) >= 11 is 0. The average Bonchev–Trinajstić information content (AvgIpc) is 3.12. The van der Waals surface area contributed by atoms with E-state index < -0.39 is 17.4 Å². The van der Waals surface area contributed by atoms with Gasteiger partial charge in [0.05, 0.1) is 12.6 Å². The van der Waals surface area contributed by atoms with Gasteiger partial charge in [0.25, 0.3) is 5.56 Å². The van der Waals surface area contributed by atoms with Crippen molar-refractivity contribution < 1.29 is 22.8 Å². The van der Waals surface area contributed by atoms with Crippen LogP contribution in [-0.2, 0) is 27.1 Å².